The van der Waals surface area contributed by atoms with Gasteiger partial charge in [0.15, 0.2) is 5.11 Å². The fourth-order valence-electron chi connectivity index (χ4n) is 6.16. The molecule has 39 heavy (non-hydrogen) atoms. The van der Waals surface area contributed by atoms with Crippen molar-refractivity contribution in [2.24, 2.45) is 5.92 Å². The summed E-state index contributed by atoms with van der Waals surface area (Å²) in [7, 11) is 0. The Labute approximate surface area is 241 Å². The van der Waals surface area contributed by atoms with E-state index in [2.05, 4.69) is 101 Å². The molecule has 0 spiro atoms. The molecular formula is C32H34ClN5S. The summed E-state index contributed by atoms with van der Waals surface area (Å²) in [6, 6.07) is 25.1. The molecular weight excluding hydrogens is 522 g/mol. The highest BCUT2D eigenvalue weighted by molar-refractivity contribution is 7.80. The number of nitrogens with one attached hydrogen (secondary N) is 1. The highest BCUT2D eigenvalue weighted by atomic mass is 35.5. The summed E-state index contributed by atoms with van der Waals surface area (Å²) in [5.74, 6) is 0.770. The number of anilines is 2. The maximum Gasteiger partial charge on any atom is 0.174 e. The third-order valence-corrected chi connectivity index (χ3v) is 8.85. The molecule has 0 unspecified atom stereocenters. The third-order valence-electron chi connectivity index (χ3n) is 8.24. The van der Waals surface area contributed by atoms with Crippen LogP contribution in [0.1, 0.15) is 54.5 Å². The van der Waals surface area contributed by atoms with Crippen LogP contribution in [0.3, 0.4) is 0 Å². The second-order valence-corrected chi connectivity index (χ2v) is 11.6. The van der Waals surface area contributed by atoms with E-state index in [1.54, 1.807) is 0 Å². The number of hydrogen-bond donors (Lipinski definition) is 1. The van der Waals surface area contributed by atoms with Gasteiger partial charge in [-0.1, -0.05) is 42.8 Å². The second-order valence-electron chi connectivity index (χ2n) is 10.8. The van der Waals surface area contributed by atoms with Gasteiger partial charge in [0.2, 0.25) is 0 Å². The van der Waals surface area contributed by atoms with Gasteiger partial charge in [0.25, 0.3) is 0 Å². The maximum atomic E-state index is 6.96. The van der Waals surface area contributed by atoms with Gasteiger partial charge in [0.05, 0.1) is 28.5 Å². The van der Waals surface area contributed by atoms with Crippen LogP contribution in [0.25, 0.3) is 5.69 Å². The number of rotatable bonds is 5. The third kappa shape index (κ3) is 4.81. The maximum absolute atomic E-state index is 6.96. The van der Waals surface area contributed by atoms with Crippen molar-refractivity contribution in [1.29, 1.82) is 0 Å². The summed E-state index contributed by atoms with van der Waals surface area (Å²) < 4.78 is 2.32. The van der Waals surface area contributed by atoms with E-state index in [0.717, 1.165) is 46.8 Å². The minimum Gasteiger partial charge on any atom is -0.370 e. The fourth-order valence-corrected chi connectivity index (χ4v) is 6.80. The molecule has 2 aliphatic rings. The molecule has 2 atom stereocenters. The van der Waals surface area contributed by atoms with E-state index in [0.29, 0.717) is 5.11 Å². The van der Waals surface area contributed by atoms with Crippen molar-refractivity contribution < 1.29 is 0 Å². The minimum absolute atomic E-state index is 0.0891. The van der Waals surface area contributed by atoms with Gasteiger partial charge in [-0.2, -0.15) is 0 Å². The lowest BCUT2D eigenvalue weighted by molar-refractivity contribution is 0.438. The van der Waals surface area contributed by atoms with E-state index in [-0.39, 0.29) is 12.1 Å². The molecule has 2 aromatic heterocycles. The molecule has 0 amide bonds. The lowest BCUT2D eigenvalue weighted by atomic mass is 9.96. The molecule has 4 heterocycles. The monoisotopic (exact) mass is 555 g/mol. The first-order valence-corrected chi connectivity index (χ1v) is 14.5. The summed E-state index contributed by atoms with van der Waals surface area (Å²) in [6.45, 7) is 8.77. The van der Waals surface area contributed by atoms with Crippen LogP contribution in [0.5, 0.6) is 0 Å². The molecule has 200 valence electrons. The van der Waals surface area contributed by atoms with Crippen LogP contribution in [0.4, 0.5) is 11.4 Å². The molecule has 0 aliphatic carbocycles. The van der Waals surface area contributed by atoms with Gasteiger partial charge >= 0.3 is 0 Å². The van der Waals surface area contributed by atoms with E-state index in [1.807, 2.05) is 18.3 Å². The van der Waals surface area contributed by atoms with Crippen LogP contribution in [0.2, 0.25) is 5.02 Å². The van der Waals surface area contributed by atoms with Crippen LogP contribution < -0.4 is 15.1 Å². The number of nitrogens with zero attached hydrogens (tertiary/aromatic N) is 4. The van der Waals surface area contributed by atoms with Crippen LogP contribution in [-0.2, 0) is 0 Å². The Morgan fingerprint density at radius 2 is 1.67 bits per heavy atom. The van der Waals surface area contributed by atoms with Gasteiger partial charge < -0.3 is 19.7 Å². The molecule has 0 saturated carbocycles. The molecule has 7 heteroatoms. The molecule has 2 fully saturated rings. The molecule has 1 N–H and O–H groups in total. The number of benzene rings is 2. The van der Waals surface area contributed by atoms with E-state index in [4.69, 9.17) is 28.8 Å². The zero-order chi connectivity index (χ0) is 27.1. The summed E-state index contributed by atoms with van der Waals surface area (Å²) in [5.41, 5.74) is 7.78. The van der Waals surface area contributed by atoms with Gasteiger partial charge in [-0.25, -0.2) is 0 Å². The molecule has 2 saturated heterocycles. The fraction of sp³-hybridized carbons (Fsp3) is 0.312. The smallest absolute Gasteiger partial charge is 0.174 e. The van der Waals surface area contributed by atoms with Gasteiger partial charge in [0.1, 0.15) is 0 Å². The predicted octanol–water partition coefficient (Wildman–Crippen LogP) is 7.56. The Balaban J connectivity index is 1.43. The first-order chi connectivity index (χ1) is 18.9. The number of para-hydroxylation sites is 1. The van der Waals surface area contributed by atoms with Crippen molar-refractivity contribution in [3.05, 3.63) is 107 Å². The van der Waals surface area contributed by atoms with E-state index < -0.39 is 0 Å². The van der Waals surface area contributed by atoms with E-state index >= 15 is 0 Å². The molecule has 0 bridgehead atoms. The van der Waals surface area contributed by atoms with Crippen LogP contribution in [0.15, 0.2) is 79.0 Å². The average Bonchev–Trinajstić information content (AvgIpc) is 3.45. The van der Waals surface area contributed by atoms with Crippen molar-refractivity contribution in [2.45, 2.75) is 45.7 Å². The highest BCUT2D eigenvalue weighted by Crippen LogP contribution is 2.45. The molecule has 0 radical (unpaired) electrons. The van der Waals surface area contributed by atoms with E-state index in [9.17, 15) is 0 Å². The zero-order valence-electron chi connectivity index (χ0n) is 22.6. The van der Waals surface area contributed by atoms with Crippen LogP contribution in [-0.4, -0.2) is 27.8 Å². The number of pyridine rings is 1. The highest BCUT2D eigenvalue weighted by Gasteiger charge is 2.42. The van der Waals surface area contributed by atoms with Gasteiger partial charge in [-0.05, 0) is 98.9 Å². The largest absolute Gasteiger partial charge is 0.370 e. The first-order valence-electron chi connectivity index (χ1n) is 13.7. The normalized spacial score (nSPS) is 19.9. The number of thiocarbonyl (C=S) groups is 1. The Morgan fingerprint density at radius 1 is 0.923 bits per heavy atom. The Kier molecular flexibility index (Phi) is 7.08. The van der Waals surface area contributed by atoms with Crippen molar-refractivity contribution >= 4 is 40.3 Å². The van der Waals surface area contributed by atoms with Crippen molar-refractivity contribution in [2.75, 3.05) is 22.9 Å². The number of piperidine rings is 1. The average molecular weight is 556 g/mol. The van der Waals surface area contributed by atoms with Gasteiger partial charge in [-0.15, -0.1) is 0 Å². The van der Waals surface area contributed by atoms with Crippen LogP contribution in [0, 0.1) is 19.8 Å². The van der Waals surface area contributed by atoms with Gasteiger partial charge in [0, 0.05) is 42.0 Å². The Morgan fingerprint density at radius 3 is 2.36 bits per heavy atom. The molecule has 5 nitrogen and oxygen atoms in total. The number of halogens is 1. The Bertz CT molecular complexity index is 1480. The molecule has 2 aromatic carbocycles. The quantitative estimate of drug-likeness (QED) is 0.257. The standard InChI is InChI=1S/C32H34ClN5S/c1-21-14-17-36(18-15-21)29-13-12-25(20-27(29)33)38-31(30(35-32(38)39)28-11-7-8-16-34-28)26-19-22(2)37(23(26)3)24-9-5-4-6-10-24/h4-13,16,19-21,30-31H,14-15,17-18H2,1-3H3,(H,35,39)/t30-,31+/m0/s1. The zero-order valence-corrected chi connectivity index (χ0v) is 24.2. The number of aryl methyl sites for hydroxylation is 1. The minimum atomic E-state index is -0.106. The molecule has 2 aliphatic heterocycles. The van der Waals surface area contributed by atoms with Gasteiger partial charge in [-0.3, -0.25) is 4.98 Å². The molecule has 6 rings (SSSR count). The van der Waals surface area contributed by atoms with Crippen molar-refractivity contribution in [3.8, 4) is 5.69 Å². The SMILES string of the molecule is Cc1cc([C@@H]2[C@H](c3ccccn3)NC(=S)N2c2ccc(N3CCC(C)CC3)c(Cl)c2)c(C)n1-c1ccccc1. The summed E-state index contributed by atoms with van der Waals surface area (Å²) in [6.07, 6.45) is 4.24. The van der Waals surface area contributed by atoms with Crippen LogP contribution >= 0.6 is 23.8 Å². The van der Waals surface area contributed by atoms with Crippen molar-refractivity contribution in [3.63, 3.8) is 0 Å². The summed E-state index contributed by atoms with van der Waals surface area (Å²) >= 11 is 13.0. The molecule has 4 aromatic rings. The lowest BCUT2D eigenvalue weighted by Crippen LogP contribution is -2.33. The lowest BCUT2D eigenvalue weighted by Gasteiger charge is -2.33. The van der Waals surface area contributed by atoms with E-state index in [1.165, 1.54) is 29.8 Å². The second kappa shape index (κ2) is 10.7. The number of hydrogen-bond acceptors (Lipinski definition) is 3. The summed E-state index contributed by atoms with van der Waals surface area (Å²) in [4.78, 5) is 9.36. The number of aromatic nitrogens is 2. The summed E-state index contributed by atoms with van der Waals surface area (Å²) in [5, 5.41) is 5.04. The van der Waals surface area contributed by atoms with Crippen molar-refractivity contribution in [1.82, 2.24) is 14.9 Å². The topological polar surface area (TPSA) is 36.3 Å². The predicted molar refractivity (Wildman–Crippen MR) is 165 cm³/mol. The first kappa shape index (κ1) is 25.9. The Hall–Kier alpha value is -3.35.